The third-order valence-corrected chi connectivity index (χ3v) is 10.5. The van der Waals surface area contributed by atoms with Gasteiger partial charge in [-0.25, -0.2) is 0 Å². The number of carbonyl (C=O) groups is 1. The average molecular weight is 591 g/mol. The number of nitrogens with zero attached hydrogens (tertiary/aromatic N) is 3. The van der Waals surface area contributed by atoms with Crippen LogP contribution in [0.15, 0.2) is 42.5 Å². The molecule has 6 nitrogen and oxygen atoms in total. The molecule has 5 rings (SSSR count). The molecule has 2 bridgehead atoms. The first kappa shape index (κ1) is 24.2. The van der Waals surface area contributed by atoms with Gasteiger partial charge in [0, 0.05) is 0 Å². The van der Waals surface area contributed by atoms with Crippen LogP contribution in [0.25, 0.3) is 11.3 Å². The standard InChI is InChI=1S/C26H26F2IN4O2/c1-14(34)12-30-24(35)19-8-5-9-21(31-19)26-13-29-11-16(25(26,2)3)15-10-20(32-33-23(15)26)22-17(27)6-4-7-18(22)28/h4-10,14,16,34H,11-13H2,1-3H3,(H,30,35)/q-1/t14-,16-,26-/m0/s1. The SMILES string of the molecule is C[C@H](O)CNC(=O)c1cccc([C@@]23C[I-]C[C@@H](c4cc(-c5c(F)cccc5F)nnc42)C3(C)C)n1. The van der Waals surface area contributed by atoms with E-state index < -0.39 is 23.2 Å². The predicted molar refractivity (Wildman–Crippen MR) is 123 cm³/mol. The van der Waals surface area contributed by atoms with Crippen molar-refractivity contribution in [3.63, 3.8) is 0 Å². The number of fused-ring (bicyclic) bond motifs is 5. The van der Waals surface area contributed by atoms with Crippen molar-refractivity contribution in [2.75, 3.05) is 15.4 Å². The van der Waals surface area contributed by atoms with Crippen LogP contribution in [0.2, 0.25) is 0 Å². The van der Waals surface area contributed by atoms with Crippen LogP contribution < -0.4 is 26.5 Å². The summed E-state index contributed by atoms with van der Waals surface area (Å²) in [6, 6.07) is 11.0. The summed E-state index contributed by atoms with van der Waals surface area (Å²) in [5.74, 6) is -1.53. The number of carbonyl (C=O) groups excluding carboxylic acids is 1. The van der Waals surface area contributed by atoms with E-state index in [1.165, 1.54) is 18.2 Å². The zero-order valence-electron chi connectivity index (χ0n) is 19.6. The molecule has 1 fully saturated rings. The van der Waals surface area contributed by atoms with Gasteiger partial charge < -0.3 is 0 Å². The van der Waals surface area contributed by atoms with E-state index in [4.69, 9.17) is 4.98 Å². The first-order valence-corrected chi connectivity index (χ1v) is 14.5. The van der Waals surface area contributed by atoms with Crippen molar-refractivity contribution in [3.05, 3.63) is 76.7 Å². The maximum absolute atomic E-state index is 14.5. The van der Waals surface area contributed by atoms with E-state index >= 15 is 0 Å². The molecule has 184 valence electrons. The number of amides is 1. The van der Waals surface area contributed by atoms with Crippen LogP contribution in [0.5, 0.6) is 0 Å². The van der Waals surface area contributed by atoms with Crippen LogP contribution in [0.1, 0.15) is 54.1 Å². The summed E-state index contributed by atoms with van der Waals surface area (Å²) in [4.78, 5) is 17.5. The number of pyridine rings is 1. The van der Waals surface area contributed by atoms with Gasteiger partial charge in [0.05, 0.1) is 0 Å². The second kappa shape index (κ2) is 8.85. The first-order chi connectivity index (χ1) is 16.7. The zero-order valence-corrected chi connectivity index (χ0v) is 21.8. The minimum atomic E-state index is -0.667. The Kier molecular flexibility index (Phi) is 6.11. The monoisotopic (exact) mass is 591 g/mol. The van der Waals surface area contributed by atoms with Gasteiger partial charge in [0.25, 0.3) is 0 Å². The molecule has 1 aliphatic heterocycles. The molecule has 3 aromatic rings. The molecular formula is C26H26F2IN4O2-. The van der Waals surface area contributed by atoms with Crippen LogP contribution in [0.4, 0.5) is 8.78 Å². The number of rotatable bonds is 5. The van der Waals surface area contributed by atoms with Gasteiger partial charge in [0.1, 0.15) is 0 Å². The topological polar surface area (TPSA) is 88.0 Å². The summed E-state index contributed by atoms with van der Waals surface area (Å²) in [7, 11) is 0. The Labute approximate surface area is 212 Å². The summed E-state index contributed by atoms with van der Waals surface area (Å²) < 4.78 is 30.9. The Bertz CT molecular complexity index is 1300. The number of benzene rings is 1. The number of hydrogen-bond donors (Lipinski definition) is 2. The third kappa shape index (κ3) is 3.74. The molecule has 1 amide bonds. The van der Waals surface area contributed by atoms with Crippen LogP contribution in [0, 0.1) is 17.0 Å². The number of hydrogen-bond acceptors (Lipinski definition) is 5. The number of aliphatic hydroxyl groups excluding tert-OH is 1. The van der Waals surface area contributed by atoms with Crippen molar-refractivity contribution >= 4 is 5.91 Å². The molecule has 2 aliphatic rings. The molecular weight excluding hydrogens is 565 g/mol. The fraction of sp³-hybridized carbons (Fsp3) is 0.385. The van der Waals surface area contributed by atoms with Crippen LogP contribution in [-0.4, -0.2) is 47.7 Å². The quantitative estimate of drug-likeness (QED) is 0.333. The van der Waals surface area contributed by atoms with E-state index in [9.17, 15) is 18.7 Å². The van der Waals surface area contributed by atoms with E-state index in [0.717, 1.165) is 25.8 Å². The van der Waals surface area contributed by atoms with Gasteiger partial charge in [0.2, 0.25) is 0 Å². The number of aliphatic hydroxyl groups is 1. The normalized spacial score (nSPS) is 23.2. The van der Waals surface area contributed by atoms with Crippen LogP contribution >= 0.6 is 0 Å². The Hall–Kier alpha value is -2.53. The summed E-state index contributed by atoms with van der Waals surface area (Å²) in [6.45, 7) is 6.12. The molecule has 0 unspecified atom stereocenters. The Morgan fingerprint density at radius 2 is 1.91 bits per heavy atom. The van der Waals surface area contributed by atoms with Crippen molar-refractivity contribution in [2.45, 2.75) is 38.2 Å². The number of aromatic nitrogens is 3. The van der Waals surface area contributed by atoms with E-state index in [1.54, 1.807) is 19.1 Å². The molecule has 2 N–H and O–H groups in total. The van der Waals surface area contributed by atoms with Gasteiger partial charge in [0.15, 0.2) is 0 Å². The summed E-state index contributed by atoms with van der Waals surface area (Å²) >= 11 is -0.195. The number of halogens is 3. The molecule has 3 heterocycles. The molecule has 1 aromatic carbocycles. The fourth-order valence-electron chi connectivity index (χ4n) is 5.33. The maximum atomic E-state index is 14.5. The molecule has 3 atom stereocenters. The summed E-state index contributed by atoms with van der Waals surface area (Å²) in [5.41, 5.74) is 1.99. The zero-order chi connectivity index (χ0) is 25.0. The Balaban J connectivity index is 1.63. The van der Waals surface area contributed by atoms with Gasteiger partial charge in [-0.15, -0.1) is 0 Å². The molecule has 35 heavy (non-hydrogen) atoms. The molecule has 2 aromatic heterocycles. The van der Waals surface area contributed by atoms with Gasteiger partial charge in [-0.05, 0) is 0 Å². The van der Waals surface area contributed by atoms with Gasteiger partial charge in [-0.3, -0.25) is 0 Å². The summed E-state index contributed by atoms with van der Waals surface area (Å²) in [6.07, 6.45) is -0.658. The van der Waals surface area contributed by atoms with E-state index in [-0.39, 0.29) is 61.9 Å². The van der Waals surface area contributed by atoms with Crippen molar-refractivity contribution in [2.24, 2.45) is 5.41 Å². The van der Waals surface area contributed by atoms with Crippen LogP contribution in [0.3, 0.4) is 0 Å². The number of nitrogens with one attached hydrogen (secondary N) is 1. The molecule has 1 aliphatic carbocycles. The third-order valence-electron chi connectivity index (χ3n) is 7.33. The van der Waals surface area contributed by atoms with E-state index in [2.05, 4.69) is 29.4 Å². The predicted octanol–water partition coefficient (Wildman–Crippen LogP) is 0.440. The Morgan fingerprint density at radius 1 is 1.20 bits per heavy atom. The van der Waals surface area contributed by atoms with Crippen LogP contribution in [-0.2, 0) is 5.41 Å². The molecule has 0 radical (unpaired) electrons. The van der Waals surface area contributed by atoms with E-state index in [0.29, 0.717) is 0 Å². The second-order valence-corrected chi connectivity index (χ2v) is 12.5. The van der Waals surface area contributed by atoms with Gasteiger partial charge >= 0.3 is 213 Å². The molecule has 0 spiro atoms. The summed E-state index contributed by atoms with van der Waals surface area (Å²) in [5, 5.41) is 21.1. The Morgan fingerprint density at radius 3 is 2.63 bits per heavy atom. The van der Waals surface area contributed by atoms with E-state index in [1.807, 2.05) is 12.1 Å². The van der Waals surface area contributed by atoms with Gasteiger partial charge in [-0.1, -0.05) is 0 Å². The second-order valence-electron chi connectivity index (χ2n) is 9.75. The van der Waals surface area contributed by atoms with Crippen molar-refractivity contribution < 1.29 is 39.9 Å². The van der Waals surface area contributed by atoms with Crippen molar-refractivity contribution in [1.82, 2.24) is 20.5 Å². The average Bonchev–Trinajstić information content (AvgIpc) is 2.92. The number of alkyl halides is 2. The van der Waals surface area contributed by atoms with Gasteiger partial charge in [-0.2, -0.15) is 0 Å². The first-order valence-electron chi connectivity index (χ1n) is 11.5. The van der Waals surface area contributed by atoms with Crippen molar-refractivity contribution in [1.29, 1.82) is 0 Å². The molecule has 0 saturated carbocycles. The fourth-order valence-corrected chi connectivity index (χ4v) is 10.4. The molecule has 1 saturated heterocycles. The minimum absolute atomic E-state index is 0.138. The van der Waals surface area contributed by atoms with Crippen molar-refractivity contribution in [3.8, 4) is 11.3 Å². The molecule has 9 heteroatoms.